The largest absolute Gasteiger partial charge is 0.480 e. The van der Waals surface area contributed by atoms with Crippen molar-refractivity contribution in [1.29, 1.82) is 0 Å². The molecular weight excluding hydrogens is 166 g/mol. The second-order valence-corrected chi connectivity index (χ2v) is 4.29. The van der Waals surface area contributed by atoms with E-state index in [4.69, 9.17) is 0 Å². The zero-order valence-corrected chi connectivity index (χ0v) is 7.88. The van der Waals surface area contributed by atoms with Crippen LogP contribution < -0.4 is 5.32 Å². The lowest BCUT2D eigenvalue weighted by atomic mass is 9.81. The van der Waals surface area contributed by atoms with Gasteiger partial charge in [-0.2, -0.15) is 0 Å². The van der Waals surface area contributed by atoms with Crippen LogP contribution in [0.3, 0.4) is 0 Å². The Bertz CT molecular complexity index is 203. The molecular formula is C10H17NO2. The minimum Gasteiger partial charge on any atom is -0.480 e. The summed E-state index contributed by atoms with van der Waals surface area (Å²) in [5.41, 5.74) is -0.559. The fourth-order valence-corrected chi connectivity index (χ4v) is 2.89. The molecule has 0 radical (unpaired) electrons. The maximum Gasteiger partial charge on any atom is 0.324 e. The highest BCUT2D eigenvalue weighted by Gasteiger charge is 2.48. The molecule has 1 aliphatic carbocycles. The molecule has 2 fully saturated rings. The standard InChI is InChI=1S/C10H17NO2/c12-9(13)10(6-3-7-11-10)8-4-1-2-5-8/h8,11H,1-7H2,(H,12,13). The Balaban J connectivity index is 2.16. The van der Waals surface area contributed by atoms with Crippen LogP contribution in [0.4, 0.5) is 0 Å². The van der Waals surface area contributed by atoms with Crippen LogP contribution in [0, 0.1) is 5.92 Å². The Kier molecular flexibility index (Phi) is 2.28. The van der Waals surface area contributed by atoms with Crippen molar-refractivity contribution in [2.75, 3.05) is 6.54 Å². The maximum atomic E-state index is 11.2. The van der Waals surface area contributed by atoms with E-state index in [0.29, 0.717) is 5.92 Å². The fraction of sp³-hybridized carbons (Fsp3) is 0.900. The highest BCUT2D eigenvalue weighted by Crippen LogP contribution is 2.39. The topological polar surface area (TPSA) is 49.3 Å². The van der Waals surface area contributed by atoms with Gasteiger partial charge in [-0.25, -0.2) is 0 Å². The van der Waals surface area contributed by atoms with Gasteiger partial charge in [-0.3, -0.25) is 4.79 Å². The molecule has 1 unspecified atom stereocenters. The van der Waals surface area contributed by atoms with Crippen molar-refractivity contribution >= 4 is 5.97 Å². The van der Waals surface area contributed by atoms with E-state index in [1.165, 1.54) is 12.8 Å². The van der Waals surface area contributed by atoms with Gasteiger partial charge in [0.25, 0.3) is 0 Å². The lowest BCUT2D eigenvalue weighted by Crippen LogP contribution is -2.52. The van der Waals surface area contributed by atoms with Crippen LogP contribution in [-0.2, 0) is 4.79 Å². The molecule has 74 valence electrons. The average molecular weight is 183 g/mol. The van der Waals surface area contributed by atoms with Crippen LogP contribution in [0.2, 0.25) is 0 Å². The van der Waals surface area contributed by atoms with E-state index in [2.05, 4.69) is 5.32 Å². The second-order valence-electron chi connectivity index (χ2n) is 4.29. The summed E-state index contributed by atoms with van der Waals surface area (Å²) in [6.07, 6.45) is 6.46. The van der Waals surface area contributed by atoms with E-state index in [9.17, 15) is 9.90 Å². The Morgan fingerprint density at radius 2 is 2.00 bits per heavy atom. The summed E-state index contributed by atoms with van der Waals surface area (Å²) >= 11 is 0. The average Bonchev–Trinajstić information content (AvgIpc) is 2.75. The van der Waals surface area contributed by atoms with Gasteiger partial charge < -0.3 is 10.4 Å². The molecule has 3 nitrogen and oxygen atoms in total. The van der Waals surface area contributed by atoms with Crippen LogP contribution in [-0.4, -0.2) is 23.2 Å². The first-order valence-electron chi connectivity index (χ1n) is 5.24. The Labute approximate surface area is 78.5 Å². The molecule has 0 aromatic rings. The lowest BCUT2D eigenvalue weighted by Gasteiger charge is -2.31. The van der Waals surface area contributed by atoms with Crippen molar-refractivity contribution in [3.63, 3.8) is 0 Å². The van der Waals surface area contributed by atoms with Crippen molar-refractivity contribution in [1.82, 2.24) is 5.32 Å². The molecule has 2 aliphatic rings. The van der Waals surface area contributed by atoms with Gasteiger partial charge in [0.2, 0.25) is 0 Å². The molecule has 1 saturated carbocycles. The summed E-state index contributed by atoms with van der Waals surface area (Å²) in [5.74, 6) is -0.246. The Morgan fingerprint density at radius 1 is 1.31 bits per heavy atom. The summed E-state index contributed by atoms with van der Waals surface area (Å²) in [5, 5.41) is 12.5. The van der Waals surface area contributed by atoms with Crippen LogP contribution >= 0.6 is 0 Å². The molecule has 0 amide bonds. The molecule has 2 rings (SSSR count). The summed E-state index contributed by atoms with van der Waals surface area (Å²) in [6, 6.07) is 0. The molecule has 1 saturated heterocycles. The van der Waals surface area contributed by atoms with Crippen LogP contribution in [0.15, 0.2) is 0 Å². The van der Waals surface area contributed by atoms with Crippen molar-refractivity contribution < 1.29 is 9.90 Å². The zero-order chi connectivity index (χ0) is 9.31. The molecule has 0 bridgehead atoms. The number of aliphatic carboxylic acids is 1. The first-order chi connectivity index (χ1) is 6.26. The van der Waals surface area contributed by atoms with Gasteiger partial charge in [-0.1, -0.05) is 12.8 Å². The van der Waals surface area contributed by atoms with E-state index < -0.39 is 11.5 Å². The lowest BCUT2D eigenvalue weighted by molar-refractivity contribution is -0.146. The van der Waals surface area contributed by atoms with Gasteiger partial charge in [-0.15, -0.1) is 0 Å². The normalized spacial score (nSPS) is 35.4. The summed E-state index contributed by atoms with van der Waals surface area (Å²) in [7, 11) is 0. The summed E-state index contributed by atoms with van der Waals surface area (Å²) < 4.78 is 0. The minimum absolute atomic E-state index is 0.382. The second kappa shape index (κ2) is 3.29. The van der Waals surface area contributed by atoms with E-state index in [0.717, 1.165) is 32.2 Å². The molecule has 13 heavy (non-hydrogen) atoms. The Hall–Kier alpha value is -0.570. The van der Waals surface area contributed by atoms with E-state index in [-0.39, 0.29) is 0 Å². The first-order valence-corrected chi connectivity index (χ1v) is 5.24. The molecule has 1 atom stereocenters. The predicted molar refractivity (Wildman–Crippen MR) is 49.6 cm³/mol. The van der Waals surface area contributed by atoms with Gasteiger partial charge in [0.15, 0.2) is 0 Å². The molecule has 3 heteroatoms. The number of carboxylic acid groups (broad SMARTS) is 1. The smallest absolute Gasteiger partial charge is 0.324 e. The number of hydrogen-bond donors (Lipinski definition) is 2. The molecule has 0 spiro atoms. The van der Waals surface area contributed by atoms with Crippen molar-refractivity contribution in [2.45, 2.75) is 44.1 Å². The van der Waals surface area contributed by atoms with Crippen LogP contribution in [0.5, 0.6) is 0 Å². The number of hydrogen-bond acceptors (Lipinski definition) is 2. The van der Waals surface area contributed by atoms with E-state index >= 15 is 0 Å². The van der Waals surface area contributed by atoms with Gasteiger partial charge in [0.1, 0.15) is 5.54 Å². The van der Waals surface area contributed by atoms with E-state index in [1.54, 1.807) is 0 Å². The highest BCUT2D eigenvalue weighted by atomic mass is 16.4. The zero-order valence-electron chi connectivity index (χ0n) is 7.88. The SMILES string of the molecule is O=C(O)C1(C2CCCC2)CCCN1. The molecule has 2 N–H and O–H groups in total. The van der Waals surface area contributed by atoms with Gasteiger partial charge >= 0.3 is 5.97 Å². The predicted octanol–water partition coefficient (Wildman–Crippen LogP) is 1.38. The summed E-state index contributed by atoms with van der Waals surface area (Å²) in [4.78, 5) is 11.2. The van der Waals surface area contributed by atoms with Gasteiger partial charge in [0, 0.05) is 0 Å². The number of rotatable bonds is 2. The monoisotopic (exact) mass is 183 g/mol. The fourth-order valence-electron chi connectivity index (χ4n) is 2.89. The minimum atomic E-state index is -0.628. The van der Waals surface area contributed by atoms with Crippen LogP contribution in [0.1, 0.15) is 38.5 Å². The maximum absolute atomic E-state index is 11.2. The quantitative estimate of drug-likeness (QED) is 0.680. The molecule has 0 aromatic heterocycles. The number of nitrogens with one attached hydrogen (secondary N) is 1. The van der Waals surface area contributed by atoms with Crippen molar-refractivity contribution in [3.05, 3.63) is 0 Å². The molecule has 1 aliphatic heterocycles. The van der Waals surface area contributed by atoms with Gasteiger partial charge in [0.05, 0.1) is 0 Å². The number of carbonyl (C=O) groups is 1. The first kappa shape index (κ1) is 9.00. The molecule has 0 aromatic carbocycles. The van der Waals surface area contributed by atoms with Crippen LogP contribution in [0.25, 0.3) is 0 Å². The number of carboxylic acids is 1. The third-order valence-corrected chi connectivity index (χ3v) is 3.62. The third-order valence-electron chi connectivity index (χ3n) is 3.62. The Morgan fingerprint density at radius 3 is 2.46 bits per heavy atom. The van der Waals surface area contributed by atoms with E-state index in [1.807, 2.05) is 0 Å². The van der Waals surface area contributed by atoms with Gasteiger partial charge in [-0.05, 0) is 38.1 Å². The van der Waals surface area contributed by atoms with Crippen molar-refractivity contribution in [3.8, 4) is 0 Å². The molecule has 1 heterocycles. The highest BCUT2D eigenvalue weighted by molar-refractivity contribution is 5.79. The third kappa shape index (κ3) is 1.35. The summed E-state index contributed by atoms with van der Waals surface area (Å²) in [6.45, 7) is 0.878. The van der Waals surface area contributed by atoms with Crippen molar-refractivity contribution in [2.24, 2.45) is 5.92 Å².